The van der Waals surface area contributed by atoms with E-state index < -0.39 is 5.97 Å². The molecule has 142 valence electrons. The van der Waals surface area contributed by atoms with Gasteiger partial charge in [-0.3, -0.25) is 9.20 Å². The van der Waals surface area contributed by atoms with Gasteiger partial charge in [0.2, 0.25) is 0 Å². The molecule has 0 spiro atoms. The molecular weight excluding hydrogens is 360 g/mol. The summed E-state index contributed by atoms with van der Waals surface area (Å²) in [5, 5.41) is 9.49. The van der Waals surface area contributed by atoms with Gasteiger partial charge in [-0.05, 0) is 63.3 Å². The quantitative estimate of drug-likeness (QED) is 0.698. The molecule has 1 unspecified atom stereocenters. The number of aromatic nitrogens is 2. The first-order chi connectivity index (χ1) is 12.9. The van der Waals surface area contributed by atoms with Crippen molar-refractivity contribution in [2.75, 3.05) is 0 Å². The summed E-state index contributed by atoms with van der Waals surface area (Å²) in [7, 11) is 0. The van der Waals surface area contributed by atoms with Gasteiger partial charge in [-0.2, -0.15) is 0 Å². The first-order valence-electron chi connectivity index (χ1n) is 9.43. The highest BCUT2D eigenvalue weighted by Gasteiger charge is 2.26. The number of ether oxygens (including phenoxy) is 1. The van der Waals surface area contributed by atoms with Crippen molar-refractivity contribution < 1.29 is 14.6 Å². The number of carboxylic acid groups (broad SMARTS) is 1. The van der Waals surface area contributed by atoms with Crippen LogP contribution in [0.4, 0.5) is 0 Å². The number of aliphatic carboxylic acids is 1. The smallest absolute Gasteiger partial charge is 0.309 e. The number of imidazole rings is 1. The van der Waals surface area contributed by atoms with E-state index in [-0.39, 0.29) is 12.5 Å². The summed E-state index contributed by atoms with van der Waals surface area (Å²) in [5.41, 5.74) is 3.72. The van der Waals surface area contributed by atoms with Gasteiger partial charge in [0.05, 0.1) is 23.9 Å². The van der Waals surface area contributed by atoms with Crippen molar-refractivity contribution in [3.63, 3.8) is 0 Å². The zero-order chi connectivity index (χ0) is 19.1. The van der Waals surface area contributed by atoms with Crippen LogP contribution in [0.3, 0.4) is 0 Å². The lowest BCUT2D eigenvalue weighted by molar-refractivity contribution is -0.136. The van der Waals surface area contributed by atoms with Crippen LogP contribution in [-0.4, -0.2) is 26.6 Å². The van der Waals surface area contributed by atoms with E-state index in [1.54, 1.807) is 11.3 Å². The summed E-state index contributed by atoms with van der Waals surface area (Å²) in [4.78, 5) is 18.6. The Kier molecular flexibility index (Phi) is 4.68. The van der Waals surface area contributed by atoms with Gasteiger partial charge in [0.25, 0.3) is 0 Å². The highest BCUT2D eigenvalue weighted by Crippen LogP contribution is 2.37. The molecule has 27 heavy (non-hydrogen) atoms. The average molecular weight is 385 g/mol. The third-order valence-electron chi connectivity index (χ3n) is 4.97. The second kappa shape index (κ2) is 7.00. The fourth-order valence-corrected chi connectivity index (χ4v) is 5.13. The Hall–Kier alpha value is -2.34. The SMILES string of the molecule is CC1CCc2c(sc3nc(-c4ccc(OC(C)C)cc4)c(CC(=O)O)n23)C1. The van der Waals surface area contributed by atoms with Crippen LogP contribution in [-0.2, 0) is 24.1 Å². The molecule has 0 saturated heterocycles. The molecule has 3 aromatic rings. The lowest BCUT2D eigenvalue weighted by Gasteiger charge is -2.18. The Labute approximate surface area is 162 Å². The van der Waals surface area contributed by atoms with E-state index in [9.17, 15) is 9.90 Å². The average Bonchev–Trinajstić information content (AvgIpc) is 3.11. The molecule has 0 saturated carbocycles. The lowest BCUT2D eigenvalue weighted by Crippen LogP contribution is -2.13. The maximum Gasteiger partial charge on any atom is 0.309 e. The van der Waals surface area contributed by atoms with Gasteiger partial charge in [0.1, 0.15) is 5.75 Å². The predicted octanol–water partition coefficient (Wildman–Crippen LogP) is 4.60. The van der Waals surface area contributed by atoms with E-state index in [1.165, 1.54) is 10.6 Å². The molecule has 0 bridgehead atoms. The van der Waals surface area contributed by atoms with Crippen LogP contribution >= 0.6 is 11.3 Å². The molecule has 0 fully saturated rings. The molecule has 1 aliphatic carbocycles. The molecule has 1 atom stereocenters. The molecule has 1 aliphatic rings. The predicted molar refractivity (Wildman–Crippen MR) is 107 cm³/mol. The Bertz CT molecular complexity index is 985. The maximum absolute atomic E-state index is 11.6. The normalized spacial score (nSPS) is 16.7. The van der Waals surface area contributed by atoms with Crippen LogP contribution in [0.15, 0.2) is 24.3 Å². The van der Waals surface area contributed by atoms with Crippen LogP contribution < -0.4 is 4.74 Å². The minimum atomic E-state index is -0.832. The van der Waals surface area contributed by atoms with E-state index in [0.717, 1.165) is 46.9 Å². The number of aryl methyl sites for hydroxylation is 1. The topological polar surface area (TPSA) is 63.8 Å². The maximum atomic E-state index is 11.6. The summed E-state index contributed by atoms with van der Waals surface area (Å²) in [6.07, 6.45) is 3.27. The molecule has 5 nitrogen and oxygen atoms in total. The van der Waals surface area contributed by atoms with Crippen molar-refractivity contribution in [1.29, 1.82) is 0 Å². The number of rotatable bonds is 5. The highest BCUT2D eigenvalue weighted by atomic mass is 32.1. The molecule has 0 radical (unpaired) electrons. The molecule has 6 heteroatoms. The van der Waals surface area contributed by atoms with E-state index in [1.807, 2.05) is 38.1 Å². The fraction of sp³-hybridized carbons (Fsp3) is 0.429. The van der Waals surface area contributed by atoms with E-state index in [0.29, 0.717) is 5.92 Å². The molecule has 1 aromatic carbocycles. The molecule has 1 N–H and O–H groups in total. The number of thiazole rings is 1. The third-order valence-corrected chi connectivity index (χ3v) is 6.08. The van der Waals surface area contributed by atoms with Gasteiger partial charge < -0.3 is 9.84 Å². The summed E-state index contributed by atoms with van der Waals surface area (Å²) in [6.45, 7) is 6.26. The van der Waals surface area contributed by atoms with Gasteiger partial charge in [-0.25, -0.2) is 4.98 Å². The second-order valence-corrected chi connectivity index (χ2v) is 8.67. The number of fused-ring (bicyclic) bond motifs is 3. The first kappa shape index (κ1) is 18.0. The Morgan fingerprint density at radius 3 is 2.78 bits per heavy atom. The number of hydrogen-bond acceptors (Lipinski definition) is 4. The van der Waals surface area contributed by atoms with Crippen molar-refractivity contribution in [1.82, 2.24) is 9.38 Å². The summed E-state index contributed by atoms with van der Waals surface area (Å²) in [5.74, 6) is 0.652. The van der Waals surface area contributed by atoms with E-state index in [2.05, 4.69) is 11.3 Å². The van der Waals surface area contributed by atoms with Crippen molar-refractivity contribution in [3.8, 4) is 17.0 Å². The monoisotopic (exact) mass is 384 g/mol. The Morgan fingerprint density at radius 2 is 2.11 bits per heavy atom. The highest BCUT2D eigenvalue weighted by molar-refractivity contribution is 7.17. The fourth-order valence-electron chi connectivity index (χ4n) is 3.79. The first-order valence-corrected chi connectivity index (χ1v) is 10.2. The standard InChI is InChI=1S/C21H24N2O3S/c1-12(2)26-15-7-5-14(6-8-15)20-17(11-19(24)25)23-16-9-4-13(3)10-18(16)27-21(23)22-20/h5-8,12-13H,4,9-11H2,1-3H3,(H,24,25). The molecule has 2 heterocycles. The van der Waals surface area contributed by atoms with Crippen molar-refractivity contribution in [2.45, 2.75) is 52.6 Å². The van der Waals surface area contributed by atoms with Crippen LogP contribution in [0, 0.1) is 5.92 Å². The minimum absolute atomic E-state index is 0.0283. The molecule has 2 aromatic heterocycles. The third kappa shape index (κ3) is 3.46. The largest absolute Gasteiger partial charge is 0.491 e. The van der Waals surface area contributed by atoms with Gasteiger partial charge >= 0.3 is 5.97 Å². The molecular formula is C21H24N2O3S. The van der Waals surface area contributed by atoms with Crippen molar-refractivity contribution >= 4 is 22.3 Å². The number of carbonyl (C=O) groups is 1. The van der Waals surface area contributed by atoms with Crippen LogP contribution in [0.25, 0.3) is 16.2 Å². The van der Waals surface area contributed by atoms with Gasteiger partial charge in [-0.15, -0.1) is 11.3 Å². The number of carboxylic acids is 1. The summed E-state index contributed by atoms with van der Waals surface area (Å²) < 4.78 is 7.82. The zero-order valence-corrected chi connectivity index (χ0v) is 16.7. The molecule has 0 amide bonds. The summed E-state index contributed by atoms with van der Waals surface area (Å²) in [6, 6.07) is 7.77. The van der Waals surface area contributed by atoms with Crippen LogP contribution in [0.1, 0.15) is 43.5 Å². The molecule has 0 aliphatic heterocycles. The van der Waals surface area contributed by atoms with Crippen LogP contribution in [0.2, 0.25) is 0 Å². The lowest BCUT2D eigenvalue weighted by atomic mass is 9.93. The van der Waals surface area contributed by atoms with E-state index >= 15 is 0 Å². The van der Waals surface area contributed by atoms with E-state index in [4.69, 9.17) is 9.72 Å². The minimum Gasteiger partial charge on any atom is -0.491 e. The molecule has 4 rings (SSSR count). The number of hydrogen-bond donors (Lipinski definition) is 1. The van der Waals surface area contributed by atoms with Gasteiger partial charge in [-0.1, -0.05) is 6.92 Å². The number of benzene rings is 1. The van der Waals surface area contributed by atoms with Crippen molar-refractivity contribution in [3.05, 3.63) is 40.5 Å². The Balaban J connectivity index is 1.80. The summed E-state index contributed by atoms with van der Waals surface area (Å²) >= 11 is 1.71. The Morgan fingerprint density at radius 1 is 1.37 bits per heavy atom. The van der Waals surface area contributed by atoms with Crippen LogP contribution in [0.5, 0.6) is 5.75 Å². The zero-order valence-electron chi connectivity index (χ0n) is 15.9. The number of nitrogens with zero attached hydrogens (tertiary/aromatic N) is 2. The second-order valence-electron chi connectivity index (χ2n) is 7.61. The van der Waals surface area contributed by atoms with Gasteiger partial charge in [0, 0.05) is 16.1 Å². The van der Waals surface area contributed by atoms with Gasteiger partial charge in [0.15, 0.2) is 4.96 Å². The van der Waals surface area contributed by atoms with Crippen molar-refractivity contribution in [2.24, 2.45) is 5.92 Å².